The molecule has 8 nitrogen and oxygen atoms in total. The lowest BCUT2D eigenvalue weighted by molar-refractivity contribution is -0.128. The standard InChI is InChI=1S/C8H17N3O5/c9-1-6(15)10-2-7(16)11-8(3-12,4-13)5-14/h12-14H,1-5,9H2,(H,10,15)(H,11,16). The second-order valence-electron chi connectivity index (χ2n) is 3.28. The summed E-state index contributed by atoms with van der Waals surface area (Å²) in [6.07, 6.45) is 0. The van der Waals surface area contributed by atoms with Crippen molar-refractivity contribution in [2.45, 2.75) is 5.54 Å². The third-order valence-electron chi connectivity index (χ3n) is 1.94. The Kier molecular flexibility index (Phi) is 6.58. The van der Waals surface area contributed by atoms with Gasteiger partial charge >= 0.3 is 0 Å². The summed E-state index contributed by atoms with van der Waals surface area (Å²) in [6, 6.07) is 0. The molecule has 0 spiro atoms. The summed E-state index contributed by atoms with van der Waals surface area (Å²) in [5.41, 5.74) is 3.52. The van der Waals surface area contributed by atoms with Crippen molar-refractivity contribution in [2.24, 2.45) is 5.73 Å². The summed E-state index contributed by atoms with van der Waals surface area (Å²) in [6.45, 7) is -2.42. The van der Waals surface area contributed by atoms with Crippen molar-refractivity contribution >= 4 is 11.8 Å². The summed E-state index contributed by atoms with van der Waals surface area (Å²) in [7, 11) is 0. The zero-order valence-corrected chi connectivity index (χ0v) is 8.77. The number of hydrogen-bond donors (Lipinski definition) is 6. The molecule has 0 aromatic heterocycles. The van der Waals surface area contributed by atoms with E-state index < -0.39 is 37.2 Å². The van der Waals surface area contributed by atoms with Gasteiger partial charge in [0, 0.05) is 0 Å². The topological polar surface area (TPSA) is 145 Å². The fourth-order valence-electron chi connectivity index (χ4n) is 0.860. The number of aliphatic hydroxyl groups is 3. The van der Waals surface area contributed by atoms with Crippen LogP contribution in [0.4, 0.5) is 0 Å². The van der Waals surface area contributed by atoms with E-state index in [0.717, 1.165) is 0 Å². The fourth-order valence-corrected chi connectivity index (χ4v) is 0.860. The smallest absolute Gasteiger partial charge is 0.240 e. The van der Waals surface area contributed by atoms with E-state index in [1.807, 2.05) is 0 Å². The lowest BCUT2D eigenvalue weighted by Gasteiger charge is -2.28. The molecule has 0 saturated carbocycles. The van der Waals surface area contributed by atoms with Crippen molar-refractivity contribution < 1.29 is 24.9 Å². The highest BCUT2D eigenvalue weighted by atomic mass is 16.3. The van der Waals surface area contributed by atoms with Crippen molar-refractivity contribution in [1.29, 1.82) is 0 Å². The van der Waals surface area contributed by atoms with Crippen LogP contribution in [0.5, 0.6) is 0 Å². The van der Waals surface area contributed by atoms with Crippen LogP contribution >= 0.6 is 0 Å². The molecule has 2 amide bonds. The van der Waals surface area contributed by atoms with Gasteiger partial charge < -0.3 is 31.7 Å². The molecule has 0 aliphatic carbocycles. The van der Waals surface area contributed by atoms with Crippen molar-refractivity contribution in [3.63, 3.8) is 0 Å². The molecule has 0 aliphatic heterocycles. The molecule has 0 fully saturated rings. The minimum atomic E-state index is -1.48. The number of carbonyl (C=O) groups excluding carboxylic acids is 2. The SMILES string of the molecule is NCC(=O)NCC(=O)NC(CO)(CO)CO. The summed E-state index contributed by atoms with van der Waals surface area (Å²) < 4.78 is 0. The van der Waals surface area contributed by atoms with Gasteiger partial charge in [0.15, 0.2) is 0 Å². The first-order valence-corrected chi connectivity index (χ1v) is 4.64. The molecule has 0 unspecified atom stereocenters. The maximum absolute atomic E-state index is 11.3. The summed E-state index contributed by atoms with van der Waals surface area (Å²) >= 11 is 0. The Morgan fingerprint density at radius 2 is 1.56 bits per heavy atom. The molecule has 0 heterocycles. The molecular weight excluding hydrogens is 218 g/mol. The highest BCUT2D eigenvalue weighted by Gasteiger charge is 2.29. The van der Waals surface area contributed by atoms with Gasteiger partial charge in [0.1, 0.15) is 5.54 Å². The number of carbonyl (C=O) groups is 2. The van der Waals surface area contributed by atoms with Gasteiger partial charge in [-0.1, -0.05) is 0 Å². The van der Waals surface area contributed by atoms with Gasteiger partial charge in [-0.2, -0.15) is 0 Å². The van der Waals surface area contributed by atoms with E-state index in [1.165, 1.54) is 0 Å². The van der Waals surface area contributed by atoms with Crippen LogP contribution in [0.25, 0.3) is 0 Å². The van der Waals surface area contributed by atoms with Gasteiger partial charge in [0.2, 0.25) is 11.8 Å². The van der Waals surface area contributed by atoms with Gasteiger partial charge in [-0.15, -0.1) is 0 Å². The van der Waals surface area contributed by atoms with Gasteiger partial charge in [-0.3, -0.25) is 9.59 Å². The summed E-state index contributed by atoms with van der Waals surface area (Å²) in [4.78, 5) is 22.0. The van der Waals surface area contributed by atoms with Gasteiger partial charge in [0.25, 0.3) is 0 Å². The third kappa shape index (κ3) is 4.53. The van der Waals surface area contributed by atoms with Crippen molar-refractivity contribution in [2.75, 3.05) is 32.9 Å². The van der Waals surface area contributed by atoms with Crippen molar-refractivity contribution in [3.8, 4) is 0 Å². The van der Waals surface area contributed by atoms with Crippen LogP contribution in [-0.2, 0) is 9.59 Å². The average Bonchev–Trinajstić information content (AvgIpc) is 2.33. The first-order valence-electron chi connectivity index (χ1n) is 4.64. The number of hydrogen-bond acceptors (Lipinski definition) is 6. The van der Waals surface area contributed by atoms with Crippen LogP contribution < -0.4 is 16.4 Å². The van der Waals surface area contributed by atoms with Crippen LogP contribution in [0, 0.1) is 0 Å². The Bertz CT molecular complexity index is 234. The lowest BCUT2D eigenvalue weighted by Crippen LogP contribution is -2.58. The molecule has 16 heavy (non-hydrogen) atoms. The Labute approximate surface area is 92.4 Å². The number of aliphatic hydroxyl groups excluding tert-OH is 3. The second-order valence-corrected chi connectivity index (χ2v) is 3.28. The molecule has 7 N–H and O–H groups in total. The number of amides is 2. The maximum Gasteiger partial charge on any atom is 0.240 e. The van der Waals surface area contributed by atoms with Gasteiger partial charge in [-0.05, 0) is 0 Å². The lowest BCUT2D eigenvalue weighted by atomic mass is 10.0. The normalized spacial score (nSPS) is 11.0. The molecule has 0 bridgehead atoms. The third-order valence-corrected chi connectivity index (χ3v) is 1.94. The van der Waals surface area contributed by atoms with E-state index in [1.54, 1.807) is 0 Å². The first kappa shape index (κ1) is 14.8. The average molecular weight is 235 g/mol. The Hall–Kier alpha value is -1.22. The van der Waals surface area contributed by atoms with E-state index >= 15 is 0 Å². The molecule has 94 valence electrons. The van der Waals surface area contributed by atoms with Crippen molar-refractivity contribution in [3.05, 3.63) is 0 Å². The fraction of sp³-hybridized carbons (Fsp3) is 0.750. The Morgan fingerprint density at radius 1 is 1.06 bits per heavy atom. The van der Waals surface area contributed by atoms with Crippen LogP contribution in [0.2, 0.25) is 0 Å². The first-order chi connectivity index (χ1) is 7.53. The highest BCUT2D eigenvalue weighted by Crippen LogP contribution is 2.00. The van der Waals surface area contributed by atoms with E-state index in [-0.39, 0.29) is 13.1 Å². The molecule has 0 atom stereocenters. The van der Waals surface area contributed by atoms with Crippen LogP contribution in [0.1, 0.15) is 0 Å². The van der Waals surface area contributed by atoms with Gasteiger partial charge in [0.05, 0.1) is 32.9 Å². The summed E-state index contributed by atoms with van der Waals surface area (Å²) in [5, 5.41) is 31.1. The summed E-state index contributed by atoms with van der Waals surface area (Å²) in [5.74, 6) is -1.14. The zero-order chi connectivity index (χ0) is 12.6. The molecule has 0 aromatic rings. The minimum Gasteiger partial charge on any atom is -0.394 e. The van der Waals surface area contributed by atoms with Crippen LogP contribution in [0.3, 0.4) is 0 Å². The van der Waals surface area contributed by atoms with Crippen molar-refractivity contribution in [1.82, 2.24) is 10.6 Å². The van der Waals surface area contributed by atoms with E-state index in [9.17, 15) is 9.59 Å². The number of nitrogens with two attached hydrogens (primary N) is 1. The second kappa shape index (κ2) is 7.12. The molecular formula is C8H17N3O5. The zero-order valence-electron chi connectivity index (χ0n) is 8.77. The highest BCUT2D eigenvalue weighted by molar-refractivity contribution is 5.85. The molecule has 0 saturated heterocycles. The van der Waals surface area contributed by atoms with Gasteiger partial charge in [-0.25, -0.2) is 0 Å². The largest absolute Gasteiger partial charge is 0.394 e. The maximum atomic E-state index is 11.3. The van der Waals surface area contributed by atoms with E-state index in [4.69, 9.17) is 21.1 Å². The molecule has 0 radical (unpaired) electrons. The predicted octanol–water partition coefficient (Wildman–Crippen LogP) is -4.11. The quantitative estimate of drug-likeness (QED) is 0.264. The molecule has 0 aromatic carbocycles. The molecule has 8 heteroatoms. The van der Waals surface area contributed by atoms with E-state index in [0.29, 0.717) is 0 Å². The number of rotatable bonds is 7. The monoisotopic (exact) mass is 235 g/mol. The number of nitrogens with one attached hydrogen (secondary N) is 2. The Morgan fingerprint density at radius 3 is 1.94 bits per heavy atom. The van der Waals surface area contributed by atoms with Crippen LogP contribution in [0.15, 0.2) is 0 Å². The van der Waals surface area contributed by atoms with Crippen LogP contribution in [-0.4, -0.2) is 65.6 Å². The minimum absolute atomic E-state index is 0.238. The van der Waals surface area contributed by atoms with E-state index in [2.05, 4.69) is 10.6 Å². The molecule has 0 rings (SSSR count). The Balaban J connectivity index is 4.15. The molecule has 0 aliphatic rings. The predicted molar refractivity (Wildman–Crippen MR) is 54.2 cm³/mol.